The molecular formula is C17H17N3O5S. The van der Waals surface area contributed by atoms with Crippen molar-refractivity contribution in [2.45, 2.75) is 12.8 Å². The number of nitrogens with zero attached hydrogens (tertiary/aromatic N) is 1. The number of phenolic OH excluding ortho intramolecular Hbond substituents is 1. The molecule has 9 heteroatoms. The van der Waals surface area contributed by atoms with E-state index in [0.29, 0.717) is 18.4 Å². The summed E-state index contributed by atoms with van der Waals surface area (Å²) in [7, 11) is -3.95. The van der Waals surface area contributed by atoms with Crippen LogP contribution in [0.5, 0.6) is 5.75 Å². The van der Waals surface area contributed by atoms with Crippen LogP contribution in [0.1, 0.15) is 21.5 Å². The minimum atomic E-state index is -3.95. The molecule has 8 nitrogen and oxygen atoms in total. The van der Waals surface area contributed by atoms with Crippen molar-refractivity contribution in [1.29, 1.82) is 0 Å². The summed E-state index contributed by atoms with van der Waals surface area (Å²) in [5, 5.41) is 19.5. The quantitative estimate of drug-likeness (QED) is 0.625. The number of hydrogen-bond donors (Lipinski definition) is 4. The Morgan fingerprint density at radius 2 is 1.65 bits per heavy atom. The molecule has 1 aliphatic heterocycles. The second-order valence-corrected chi connectivity index (χ2v) is 7.35. The second-order valence-electron chi connectivity index (χ2n) is 5.80. The van der Waals surface area contributed by atoms with E-state index < -0.39 is 22.0 Å². The van der Waals surface area contributed by atoms with Crippen LogP contribution < -0.4 is 14.8 Å². The molecule has 1 heterocycles. The van der Waals surface area contributed by atoms with E-state index in [1.807, 2.05) is 16.9 Å². The smallest absolute Gasteiger partial charge is 0.330 e. The van der Waals surface area contributed by atoms with Gasteiger partial charge in [-0.25, -0.2) is 9.03 Å². The topological polar surface area (TPSA) is 133 Å². The molecular weight excluding hydrogens is 358 g/mol. The van der Waals surface area contributed by atoms with Crippen molar-refractivity contribution in [2.24, 2.45) is 5.73 Å². The highest BCUT2D eigenvalue weighted by Crippen LogP contribution is 2.32. The van der Waals surface area contributed by atoms with E-state index >= 15 is 0 Å². The van der Waals surface area contributed by atoms with Gasteiger partial charge in [0.25, 0.3) is 0 Å². The van der Waals surface area contributed by atoms with Crippen LogP contribution in [0.15, 0.2) is 54.5 Å². The van der Waals surface area contributed by atoms with Crippen molar-refractivity contribution < 1.29 is 23.4 Å². The molecule has 0 spiro atoms. The van der Waals surface area contributed by atoms with Crippen molar-refractivity contribution in [3.05, 3.63) is 71.2 Å². The number of rotatable bonds is 5. The van der Waals surface area contributed by atoms with Crippen LogP contribution in [-0.2, 0) is 23.1 Å². The molecule has 5 N–H and O–H groups in total. The lowest BCUT2D eigenvalue weighted by Gasteiger charge is -2.16. The number of phenols is 1. The van der Waals surface area contributed by atoms with Gasteiger partial charge in [-0.15, -0.1) is 0 Å². The first-order valence-corrected chi connectivity index (χ1v) is 9.14. The number of aliphatic hydroxyl groups is 1. The number of anilines is 1. The molecule has 0 saturated heterocycles. The van der Waals surface area contributed by atoms with Crippen molar-refractivity contribution in [3.63, 3.8) is 0 Å². The molecule has 0 bridgehead atoms. The van der Waals surface area contributed by atoms with Gasteiger partial charge < -0.3 is 15.9 Å². The molecule has 3 rings (SSSR count). The van der Waals surface area contributed by atoms with Crippen molar-refractivity contribution >= 4 is 21.8 Å². The SMILES string of the molecule is NC(=O)c1ccc(CCc2ccc(N3C=C(O)NS3(=O)=O)c(O)c2)cc1. The number of amides is 1. The molecule has 26 heavy (non-hydrogen) atoms. The Hall–Kier alpha value is -3.20. The molecule has 0 saturated carbocycles. The number of carbonyl (C=O) groups excluding carboxylic acids is 1. The Morgan fingerprint density at radius 1 is 1.04 bits per heavy atom. The van der Waals surface area contributed by atoms with Crippen LogP contribution in [0.25, 0.3) is 0 Å². The minimum Gasteiger partial charge on any atom is -0.506 e. The van der Waals surface area contributed by atoms with Gasteiger partial charge in [0.2, 0.25) is 11.8 Å². The van der Waals surface area contributed by atoms with E-state index in [1.165, 1.54) is 12.1 Å². The molecule has 0 atom stereocenters. The molecule has 1 amide bonds. The highest BCUT2D eigenvalue weighted by atomic mass is 32.2. The van der Waals surface area contributed by atoms with E-state index in [9.17, 15) is 23.4 Å². The normalized spacial score (nSPS) is 15.4. The van der Waals surface area contributed by atoms with E-state index in [0.717, 1.165) is 21.6 Å². The van der Waals surface area contributed by atoms with Gasteiger partial charge in [-0.1, -0.05) is 18.2 Å². The number of benzene rings is 2. The van der Waals surface area contributed by atoms with E-state index in [4.69, 9.17) is 5.73 Å². The van der Waals surface area contributed by atoms with Crippen LogP contribution in [-0.4, -0.2) is 24.5 Å². The number of primary amides is 1. The zero-order chi connectivity index (χ0) is 18.9. The monoisotopic (exact) mass is 375 g/mol. The van der Waals surface area contributed by atoms with Gasteiger partial charge in [0.1, 0.15) is 11.4 Å². The Labute approximate surface area is 150 Å². The maximum absolute atomic E-state index is 11.9. The molecule has 0 aromatic heterocycles. The Morgan fingerprint density at radius 3 is 2.19 bits per heavy atom. The van der Waals surface area contributed by atoms with Gasteiger partial charge in [0.05, 0.1) is 6.20 Å². The molecule has 136 valence electrons. The second kappa shape index (κ2) is 6.60. The number of aryl methyl sites for hydroxylation is 2. The van der Waals surface area contributed by atoms with Crippen LogP contribution >= 0.6 is 0 Å². The summed E-state index contributed by atoms with van der Waals surface area (Å²) in [5.41, 5.74) is 7.48. The van der Waals surface area contributed by atoms with Crippen molar-refractivity contribution in [1.82, 2.24) is 4.72 Å². The standard InChI is InChI=1S/C17H17N3O5S/c18-17(23)13-6-3-11(4-7-13)1-2-12-5-8-14(15(21)9-12)20-10-16(22)19-26(20,24)25/h3-10,19,21-22H,1-2H2,(H2,18,23). The molecule has 0 aliphatic carbocycles. The molecule has 2 aromatic rings. The summed E-state index contributed by atoms with van der Waals surface area (Å²) in [4.78, 5) is 11.1. The highest BCUT2D eigenvalue weighted by Gasteiger charge is 2.30. The zero-order valence-corrected chi connectivity index (χ0v) is 14.4. The van der Waals surface area contributed by atoms with Gasteiger partial charge in [0.15, 0.2) is 0 Å². The average Bonchev–Trinajstić information content (AvgIpc) is 2.85. The Bertz CT molecular complexity index is 984. The van der Waals surface area contributed by atoms with Crippen LogP contribution in [0.4, 0.5) is 5.69 Å². The predicted octanol–water partition coefficient (Wildman–Crippen LogP) is 1.29. The van der Waals surface area contributed by atoms with Gasteiger partial charge in [-0.2, -0.15) is 8.42 Å². The lowest BCUT2D eigenvalue weighted by atomic mass is 10.0. The van der Waals surface area contributed by atoms with Crippen LogP contribution in [0.2, 0.25) is 0 Å². The first kappa shape index (κ1) is 17.6. The van der Waals surface area contributed by atoms with Crippen LogP contribution in [0, 0.1) is 0 Å². The fourth-order valence-corrected chi connectivity index (χ4v) is 3.69. The van der Waals surface area contributed by atoms with Gasteiger partial charge >= 0.3 is 10.2 Å². The van der Waals surface area contributed by atoms with E-state index in [2.05, 4.69) is 0 Å². The van der Waals surface area contributed by atoms with E-state index in [1.54, 1.807) is 18.2 Å². The maximum atomic E-state index is 11.9. The number of nitrogens with two attached hydrogens (primary N) is 1. The average molecular weight is 375 g/mol. The van der Waals surface area contributed by atoms with Gasteiger partial charge in [-0.3, -0.25) is 4.79 Å². The maximum Gasteiger partial charge on any atom is 0.330 e. The van der Waals surface area contributed by atoms with E-state index in [-0.39, 0.29) is 11.4 Å². The fourth-order valence-electron chi connectivity index (χ4n) is 2.62. The number of aliphatic hydroxyl groups excluding tert-OH is 1. The lowest BCUT2D eigenvalue weighted by Crippen LogP contribution is -2.29. The molecule has 0 unspecified atom stereocenters. The molecule has 2 aromatic carbocycles. The highest BCUT2D eigenvalue weighted by molar-refractivity contribution is 7.91. The fraction of sp³-hybridized carbons (Fsp3) is 0.118. The Kier molecular flexibility index (Phi) is 4.47. The van der Waals surface area contributed by atoms with Gasteiger partial charge in [-0.05, 0) is 48.2 Å². The predicted molar refractivity (Wildman–Crippen MR) is 95.7 cm³/mol. The lowest BCUT2D eigenvalue weighted by molar-refractivity contribution is 0.1000. The number of hydrogen-bond acceptors (Lipinski definition) is 5. The first-order valence-electron chi connectivity index (χ1n) is 7.70. The summed E-state index contributed by atoms with van der Waals surface area (Å²) < 4.78 is 26.4. The Balaban J connectivity index is 1.73. The molecule has 0 fully saturated rings. The summed E-state index contributed by atoms with van der Waals surface area (Å²) in [5.74, 6) is -1.22. The van der Waals surface area contributed by atoms with Gasteiger partial charge in [0, 0.05) is 5.56 Å². The number of carbonyl (C=O) groups is 1. The molecule has 1 aliphatic rings. The third-order valence-electron chi connectivity index (χ3n) is 3.95. The zero-order valence-electron chi connectivity index (χ0n) is 13.6. The summed E-state index contributed by atoms with van der Waals surface area (Å²) in [6.07, 6.45) is 2.25. The third-order valence-corrected chi connectivity index (χ3v) is 5.24. The van der Waals surface area contributed by atoms with Crippen molar-refractivity contribution in [2.75, 3.05) is 4.31 Å². The summed E-state index contributed by atoms with van der Waals surface area (Å²) in [6, 6.07) is 11.6. The van der Waals surface area contributed by atoms with Crippen LogP contribution in [0.3, 0.4) is 0 Å². The number of aromatic hydroxyl groups is 1. The summed E-state index contributed by atoms with van der Waals surface area (Å²) >= 11 is 0. The minimum absolute atomic E-state index is 0.0381. The first-order chi connectivity index (χ1) is 12.3. The number of nitrogens with one attached hydrogen (secondary N) is 1. The third kappa shape index (κ3) is 3.57. The largest absolute Gasteiger partial charge is 0.506 e. The summed E-state index contributed by atoms with van der Waals surface area (Å²) in [6.45, 7) is 0. The van der Waals surface area contributed by atoms with Crippen molar-refractivity contribution in [3.8, 4) is 5.75 Å². The molecule has 0 radical (unpaired) electrons.